The van der Waals surface area contributed by atoms with Crippen molar-refractivity contribution in [1.29, 1.82) is 0 Å². The van der Waals surface area contributed by atoms with Crippen LogP contribution in [0.5, 0.6) is 0 Å². The first kappa shape index (κ1) is 15.3. The molecule has 0 aromatic heterocycles. The molecule has 1 aromatic carbocycles. The molecule has 1 heterocycles. The number of hydrogen-bond acceptors (Lipinski definition) is 2. The van der Waals surface area contributed by atoms with Crippen LogP contribution in [0.15, 0.2) is 18.2 Å². The van der Waals surface area contributed by atoms with Gasteiger partial charge >= 0.3 is 0 Å². The molecule has 20 heavy (non-hydrogen) atoms. The Kier molecular flexibility index (Phi) is 5.38. The van der Waals surface area contributed by atoms with Gasteiger partial charge in [-0.15, -0.1) is 0 Å². The van der Waals surface area contributed by atoms with Gasteiger partial charge in [0.15, 0.2) is 0 Å². The second kappa shape index (κ2) is 7.04. The van der Waals surface area contributed by atoms with E-state index in [1.807, 2.05) is 6.92 Å². The number of carbonyl (C=O) groups is 1. The summed E-state index contributed by atoms with van der Waals surface area (Å²) < 4.78 is 19.2. The molecule has 1 aliphatic heterocycles. The predicted molar refractivity (Wildman–Crippen MR) is 76.5 cm³/mol. The second-order valence-corrected chi connectivity index (χ2v) is 5.42. The van der Waals surface area contributed by atoms with Gasteiger partial charge in [0, 0.05) is 19.7 Å². The average molecular weight is 300 g/mol. The minimum absolute atomic E-state index is 0.0220. The van der Waals surface area contributed by atoms with Gasteiger partial charge in [-0.1, -0.05) is 17.7 Å². The van der Waals surface area contributed by atoms with Crippen LogP contribution in [0.4, 0.5) is 4.39 Å². The highest BCUT2D eigenvalue weighted by Gasteiger charge is 2.27. The van der Waals surface area contributed by atoms with E-state index in [9.17, 15) is 9.18 Å². The lowest BCUT2D eigenvalue weighted by molar-refractivity contribution is 0.0498. The molecular formula is C15H19ClFNO2. The van der Waals surface area contributed by atoms with E-state index in [0.29, 0.717) is 32.2 Å². The molecule has 0 radical (unpaired) electrons. The number of benzene rings is 1. The number of rotatable bonds is 4. The number of amides is 1. The lowest BCUT2D eigenvalue weighted by Gasteiger charge is -2.32. The van der Waals surface area contributed by atoms with Gasteiger partial charge in [0.1, 0.15) is 5.82 Å². The number of piperidine rings is 1. The van der Waals surface area contributed by atoms with E-state index in [1.54, 1.807) is 11.0 Å². The molecule has 1 atom stereocenters. The normalized spacial score (nSPS) is 19.1. The van der Waals surface area contributed by atoms with E-state index < -0.39 is 5.82 Å². The highest BCUT2D eigenvalue weighted by Crippen LogP contribution is 2.24. The van der Waals surface area contributed by atoms with Gasteiger partial charge in [0.05, 0.1) is 17.2 Å². The largest absolute Gasteiger partial charge is 0.381 e. The third-order valence-corrected chi connectivity index (χ3v) is 3.86. The Morgan fingerprint density at radius 3 is 3.05 bits per heavy atom. The smallest absolute Gasteiger partial charge is 0.258 e. The quantitative estimate of drug-likeness (QED) is 0.853. The van der Waals surface area contributed by atoms with Crippen LogP contribution >= 0.6 is 11.6 Å². The highest BCUT2D eigenvalue weighted by atomic mass is 35.5. The van der Waals surface area contributed by atoms with Crippen LogP contribution in [0.3, 0.4) is 0 Å². The number of hydrogen-bond donors (Lipinski definition) is 0. The van der Waals surface area contributed by atoms with Crippen LogP contribution in [0.2, 0.25) is 5.02 Å². The summed E-state index contributed by atoms with van der Waals surface area (Å²) in [4.78, 5) is 14.1. The maximum Gasteiger partial charge on any atom is 0.258 e. The minimum atomic E-state index is -0.561. The molecule has 1 aromatic rings. The fourth-order valence-electron chi connectivity index (χ4n) is 2.53. The lowest BCUT2D eigenvalue weighted by atomic mass is 9.98. The minimum Gasteiger partial charge on any atom is -0.381 e. The number of carbonyl (C=O) groups excluding carboxylic acids is 1. The molecule has 0 saturated carbocycles. The lowest BCUT2D eigenvalue weighted by Crippen LogP contribution is -2.41. The molecule has 1 fully saturated rings. The summed E-state index contributed by atoms with van der Waals surface area (Å²) in [5.41, 5.74) is -0.0220. The van der Waals surface area contributed by atoms with Crippen LogP contribution in [-0.2, 0) is 4.74 Å². The van der Waals surface area contributed by atoms with E-state index in [1.165, 1.54) is 12.1 Å². The Balaban J connectivity index is 2.08. The third-order valence-electron chi connectivity index (χ3n) is 3.54. The molecule has 1 aliphatic rings. The van der Waals surface area contributed by atoms with Gasteiger partial charge in [0.25, 0.3) is 5.91 Å². The maximum atomic E-state index is 13.8. The van der Waals surface area contributed by atoms with Gasteiger partial charge in [0.2, 0.25) is 0 Å². The third kappa shape index (κ3) is 3.49. The molecule has 0 spiro atoms. The molecule has 3 nitrogen and oxygen atoms in total. The van der Waals surface area contributed by atoms with Gasteiger partial charge < -0.3 is 9.64 Å². The van der Waals surface area contributed by atoms with Crippen molar-refractivity contribution in [3.63, 3.8) is 0 Å². The van der Waals surface area contributed by atoms with E-state index in [-0.39, 0.29) is 16.5 Å². The summed E-state index contributed by atoms with van der Waals surface area (Å²) in [5, 5.41) is 0.168. The van der Waals surface area contributed by atoms with Crippen LogP contribution < -0.4 is 0 Å². The predicted octanol–water partition coefficient (Wildman–Crippen LogP) is 3.37. The number of nitrogens with zero attached hydrogens (tertiary/aromatic N) is 1. The van der Waals surface area contributed by atoms with Gasteiger partial charge in [-0.3, -0.25) is 4.79 Å². The van der Waals surface area contributed by atoms with Crippen LogP contribution in [0, 0.1) is 11.7 Å². The molecule has 0 N–H and O–H groups in total. The zero-order valence-corrected chi connectivity index (χ0v) is 12.3. The van der Waals surface area contributed by atoms with E-state index in [4.69, 9.17) is 16.3 Å². The van der Waals surface area contributed by atoms with Crippen molar-refractivity contribution in [2.24, 2.45) is 5.92 Å². The first-order chi connectivity index (χ1) is 9.63. The monoisotopic (exact) mass is 299 g/mol. The van der Waals surface area contributed by atoms with Crippen molar-refractivity contribution in [2.45, 2.75) is 19.8 Å². The van der Waals surface area contributed by atoms with E-state index in [2.05, 4.69) is 0 Å². The van der Waals surface area contributed by atoms with Crippen molar-refractivity contribution in [2.75, 3.05) is 26.3 Å². The molecule has 1 amide bonds. The average Bonchev–Trinajstić information content (AvgIpc) is 2.45. The molecule has 0 bridgehead atoms. The van der Waals surface area contributed by atoms with E-state index in [0.717, 1.165) is 12.8 Å². The molecule has 0 aliphatic carbocycles. The number of ether oxygens (including phenoxy) is 1. The zero-order chi connectivity index (χ0) is 14.5. The summed E-state index contributed by atoms with van der Waals surface area (Å²) in [7, 11) is 0. The number of likely N-dealkylation sites (tertiary alicyclic amines) is 1. The summed E-state index contributed by atoms with van der Waals surface area (Å²) in [5.74, 6) is -0.568. The summed E-state index contributed by atoms with van der Waals surface area (Å²) >= 11 is 5.95. The zero-order valence-electron chi connectivity index (χ0n) is 11.6. The van der Waals surface area contributed by atoms with Crippen molar-refractivity contribution < 1.29 is 13.9 Å². The van der Waals surface area contributed by atoms with Crippen LogP contribution in [0.1, 0.15) is 30.1 Å². The fraction of sp³-hybridized carbons (Fsp3) is 0.533. The van der Waals surface area contributed by atoms with Gasteiger partial charge in [-0.05, 0) is 37.8 Å². The maximum absolute atomic E-state index is 13.8. The van der Waals surface area contributed by atoms with Crippen molar-refractivity contribution in [1.82, 2.24) is 4.90 Å². The SMILES string of the molecule is CCOCC1CCCN(C(=O)c2c(F)cccc2Cl)C1. The van der Waals surface area contributed by atoms with E-state index >= 15 is 0 Å². The molecule has 2 rings (SSSR count). The molecule has 110 valence electrons. The van der Waals surface area contributed by atoms with Crippen molar-refractivity contribution in [3.05, 3.63) is 34.6 Å². The summed E-state index contributed by atoms with van der Waals surface area (Å²) in [6.45, 7) is 4.51. The Bertz CT molecular complexity index is 461. The summed E-state index contributed by atoms with van der Waals surface area (Å²) in [6.07, 6.45) is 1.95. The first-order valence-corrected chi connectivity index (χ1v) is 7.32. The van der Waals surface area contributed by atoms with Crippen molar-refractivity contribution >= 4 is 17.5 Å². The Labute approximate surface area is 123 Å². The molecule has 1 saturated heterocycles. The van der Waals surface area contributed by atoms with Gasteiger partial charge in [-0.2, -0.15) is 0 Å². The topological polar surface area (TPSA) is 29.5 Å². The molecular weight excluding hydrogens is 281 g/mol. The first-order valence-electron chi connectivity index (χ1n) is 6.94. The molecule has 1 unspecified atom stereocenters. The van der Waals surface area contributed by atoms with Crippen LogP contribution in [-0.4, -0.2) is 37.1 Å². The highest BCUT2D eigenvalue weighted by molar-refractivity contribution is 6.33. The summed E-state index contributed by atoms with van der Waals surface area (Å²) in [6, 6.07) is 4.31. The van der Waals surface area contributed by atoms with Gasteiger partial charge in [-0.25, -0.2) is 4.39 Å². The standard InChI is InChI=1S/C15H19ClFNO2/c1-2-20-10-11-5-4-8-18(9-11)15(19)14-12(16)6-3-7-13(14)17/h3,6-7,11H,2,4-5,8-10H2,1H3. The number of halogens is 2. The molecule has 5 heteroatoms. The Morgan fingerprint density at radius 1 is 1.55 bits per heavy atom. The van der Waals surface area contributed by atoms with Crippen molar-refractivity contribution in [3.8, 4) is 0 Å². The van der Waals surface area contributed by atoms with Crippen LogP contribution in [0.25, 0.3) is 0 Å². The fourth-order valence-corrected chi connectivity index (χ4v) is 2.77. The Morgan fingerprint density at radius 2 is 2.35 bits per heavy atom. The Hall–Kier alpha value is -1.13. The second-order valence-electron chi connectivity index (χ2n) is 5.02.